The van der Waals surface area contributed by atoms with Crippen LogP contribution in [0.25, 0.3) is 0 Å². The number of nitrogens with zero attached hydrogens (tertiary/aromatic N) is 1. The van der Waals surface area contributed by atoms with Gasteiger partial charge in [-0.15, -0.1) is 0 Å². The first-order chi connectivity index (χ1) is 11.3. The van der Waals surface area contributed by atoms with Gasteiger partial charge < -0.3 is 25.8 Å². The normalized spacial score (nSPS) is 20.1. The van der Waals surface area contributed by atoms with Crippen LogP contribution in [-0.4, -0.2) is 50.1 Å². The van der Waals surface area contributed by atoms with Gasteiger partial charge in [0.2, 0.25) is 0 Å². The van der Waals surface area contributed by atoms with E-state index in [1.807, 2.05) is 0 Å². The fourth-order valence-electron chi connectivity index (χ4n) is 2.67. The van der Waals surface area contributed by atoms with Crippen LogP contribution in [0.2, 0.25) is 5.02 Å². The van der Waals surface area contributed by atoms with Gasteiger partial charge in [0.15, 0.2) is 18.1 Å². The van der Waals surface area contributed by atoms with Gasteiger partial charge in [-0.2, -0.15) is 0 Å². The molecule has 4 N–H and O–H groups in total. The molecule has 1 saturated heterocycles. The summed E-state index contributed by atoms with van der Waals surface area (Å²) in [4.78, 5) is 25.3. The standard InChI is InChI=1S/C16H22ClN3O4/c1-16(8-18)3-4-20(9-16)15(22)10-5-11(17)14(12(6-10)23-2)24-7-13(19)21/h5-6H,3-4,7-9,18H2,1-2H3,(H2,19,21). The number of halogens is 1. The van der Waals surface area contributed by atoms with E-state index < -0.39 is 5.91 Å². The third-order valence-electron chi connectivity index (χ3n) is 4.17. The number of nitrogens with two attached hydrogens (primary N) is 2. The van der Waals surface area contributed by atoms with E-state index in [0.29, 0.717) is 25.2 Å². The van der Waals surface area contributed by atoms with Crippen molar-refractivity contribution in [1.29, 1.82) is 0 Å². The molecule has 2 amide bonds. The Morgan fingerprint density at radius 3 is 2.67 bits per heavy atom. The molecule has 1 aliphatic heterocycles. The Balaban J connectivity index is 2.23. The molecule has 1 aromatic rings. The molecule has 1 atom stereocenters. The number of ether oxygens (including phenoxy) is 2. The highest BCUT2D eigenvalue weighted by Gasteiger charge is 2.35. The topological polar surface area (TPSA) is 108 Å². The van der Waals surface area contributed by atoms with Crippen LogP contribution in [-0.2, 0) is 4.79 Å². The van der Waals surface area contributed by atoms with Gasteiger partial charge >= 0.3 is 0 Å². The van der Waals surface area contributed by atoms with E-state index in [2.05, 4.69) is 6.92 Å². The number of hydrogen-bond donors (Lipinski definition) is 2. The first kappa shape index (κ1) is 18.4. The second-order valence-corrected chi connectivity index (χ2v) is 6.64. The van der Waals surface area contributed by atoms with Crippen molar-refractivity contribution in [2.75, 3.05) is 33.4 Å². The van der Waals surface area contributed by atoms with Gasteiger partial charge in [-0.05, 0) is 30.5 Å². The zero-order chi connectivity index (χ0) is 17.9. The summed E-state index contributed by atoms with van der Waals surface area (Å²) in [6.45, 7) is 3.51. The van der Waals surface area contributed by atoms with Crippen LogP contribution in [0.4, 0.5) is 0 Å². The molecular formula is C16H22ClN3O4. The van der Waals surface area contributed by atoms with Gasteiger partial charge in [0, 0.05) is 18.7 Å². The lowest BCUT2D eigenvalue weighted by Crippen LogP contribution is -2.34. The Morgan fingerprint density at radius 2 is 2.12 bits per heavy atom. The minimum atomic E-state index is -0.633. The first-order valence-electron chi connectivity index (χ1n) is 7.57. The van der Waals surface area contributed by atoms with Crippen LogP contribution in [0, 0.1) is 5.41 Å². The highest BCUT2D eigenvalue weighted by molar-refractivity contribution is 6.32. The molecule has 0 aliphatic carbocycles. The van der Waals surface area contributed by atoms with Crippen LogP contribution in [0.15, 0.2) is 12.1 Å². The number of hydrogen-bond acceptors (Lipinski definition) is 5. The van der Waals surface area contributed by atoms with Crippen LogP contribution in [0.5, 0.6) is 11.5 Å². The molecular weight excluding hydrogens is 334 g/mol. The minimum Gasteiger partial charge on any atom is -0.493 e. The molecule has 0 bridgehead atoms. The molecule has 1 unspecified atom stereocenters. The summed E-state index contributed by atoms with van der Waals surface area (Å²) in [6.07, 6.45) is 0.861. The van der Waals surface area contributed by atoms with E-state index in [-0.39, 0.29) is 34.5 Å². The lowest BCUT2D eigenvalue weighted by Gasteiger charge is -2.23. The Labute approximate surface area is 145 Å². The van der Waals surface area contributed by atoms with Crippen LogP contribution < -0.4 is 20.9 Å². The summed E-state index contributed by atoms with van der Waals surface area (Å²) < 4.78 is 10.5. The molecule has 0 spiro atoms. The lowest BCUT2D eigenvalue weighted by molar-refractivity contribution is -0.119. The fraction of sp³-hybridized carbons (Fsp3) is 0.500. The predicted molar refractivity (Wildman–Crippen MR) is 90.4 cm³/mol. The molecule has 0 aromatic heterocycles. The van der Waals surface area contributed by atoms with E-state index in [9.17, 15) is 9.59 Å². The van der Waals surface area contributed by atoms with Gasteiger partial charge in [0.1, 0.15) is 0 Å². The largest absolute Gasteiger partial charge is 0.493 e. The lowest BCUT2D eigenvalue weighted by atomic mass is 9.90. The summed E-state index contributed by atoms with van der Waals surface area (Å²) in [5.74, 6) is -0.323. The van der Waals surface area contributed by atoms with Crippen LogP contribution in [0.1, 0.15) is 23.7 Å². The third-order valence-corrected chi connectivity index (χ3v) is 4.45. The van der Waals surface area contributed by atoms with Gasteiger partial charge in [-0.3, -0.25) is 9.59 Å². The van der Waals surface area contributed by atoms with Crippen molar-refractivity contribution >= 4 is 23.4 Å². The Bertz CT molecular complexity index is 652. The van der Waals surface area contributed by atoms with Crippen LogP contribution >= 0.6 is 11.6 Å². The maximum Gasteiger partial charge on any atom is 0.255 e. The van der Waals surface area contributed by atoms with E-state index in [1.165, 1.54) is 13.2 Å². The first-order valence-corrected chi connectivity index (χ1v) is 7.95. The smallest absolute Gasteiger partial charge is 0.255 e. The zero-order valence-electron chi connectivity index (χ0n) is 13.8. The van der Waals surface area contributed by atoms with Gasteiger partial charge in [0.25, 0.3) is 11.8 Å². The molecule has 2 rings (SSSR count). The summed E-state index contributed by atoms with van der Waals surface area (Å²) in [5.41, 5.74) is 11.2. The molecule has 0 radical (unpaired) electrons. The number of likely N-dealkylation sites (tertiary alicyclic amines) is 1. The molecule has 1 heterocycles. The predicted octanol–water partition coefficient (Wildman–Crippen LogP) is 1.02. The number of benzene rings is 1. The van der Waals surface area contributed by atoms with Gasteiger partial charge in [0.05, 0.1) is 12.1 Å². The number of methoxy groups -OCH3 is 1. The van der Waals surface area contributed by atoms with E-state index in [0.717, 1.165) is 6.42 Å². The quantitative estimate of drug-likeness (QED) is 0.792. The van der Waals surface area contributed by atoms with Crippen molar-refractivity contribution in [2.45, 2.75) is 13.3 Å². The molecule has 0 saturated carbocycles. The van der Waals surface area contributed by atoms with Crippen LogP contribution in [0.3, 0.4) is 0 Å². The van der Waals surface area contributed by atoms with E-state index >= 15 is 0 Å². The Hall–Kier alpha value is -1.99. The molecule has 1 aromatic carbocycles. The maximum atomic E-state index is 12.7. The monoisotopic (exact) mass is 355 g/mol. The van der Waals surface area contributed by atoms with E-state index in [1.54, 1.807) is 11.0 Å². The highest BCUT2D eigenvalue weighted by atomic mass is 35.5. The van der Waals surface area contributed by atoms with Crippen molar-refractivity contribution in [2.24, 2.45) is 16.9 Å². The number of carbonyl (C=O) groups excluding carboxylic acids is 2. The molecule has 1 aliphatic rings. The minimum absolute atomic E-state index is 0.0614. The summed E-state index contributed by atoms with van der Waals surface area (Å²) in [7, 11) is 1.43. The summed E-state index contributed by atoms with van der Waals surface area (Å²) in [6, 6.07) is 3.05. The second kappa shape index (κ2) is 7.27. The molecule has 1 fully saturated rings. The fourth-order valence-corrected chi connectivity index (χ4v) is 2.94. The van der Waals surface area contributed by atoms with Gasteiger partial charge in [-0.25, -0.2) is 0 Å². The molecule has 7 nitrogen and oxygen atoms in total. The number of rotatable bonds is 6. The van der Waals surface area contributed by atoms with Gasteiger partial charge in [-0.1, -0.05) is 18.5 Å². The number of amides is 2. The third kappa shape index (κ3) is 3.91. The Kier molecular flexibility index (Phi) is 5.56. The summed E-state index contributed by atoms with van der Waals surface area (Å²) in [5, 5.41) is 0.180. The Morgan fingerprint density at radius 1 is 1.42 bits per heavy atom. The molecule has 24 heavy (non-hydrogen) atoms. The van der Waals surface area contributed by atoms with Crippen molar-refractivity contribution in [3.63, 3.8) is 0 Å². The van der Waals surface area contributed by atoms with Crippen molar-refractivity contribution in [1.82, 2.24) is 4.90 Å². The van der Waals surface area contributed by atoms with Crippen molar-refractivity contribution < 1.29 is 19.1 Å². The zero-order valence-corrected chi connectivity index (χ0v) is 14.6. The maximum absolute atomic E-state index is 12.7. The SMILES string of the molecule is COc1cc(C(=O)N2CCC(C)(CN)C2)cc(Cl)c1OCC(N)=O. The van der Waals surface area contributed by atoms with E-state index in [4.69, 9.17) is 32.5 Å². The van der Waals surface area contributed by atoms with Crippen molar-refractivity contribution in [3.8, 4) is 11.5 Å². The average Bonchev–Trinajstić information content (AvgIpc) is 2.95. The summed E-state index contributed by atoms with van der Waals surface area (Å²) >= 11 is 6.18. The number of carbonyl (C=O) groups is 2. The van der Waals surface area contributed by atoms with Crippen molar-refractivity contribution in [3.05, 3.63) is 22.7 Å². The molecule has 132 valence electrons. The second-order valence-electron chi connectivity index (χ2n) is 6.24. The highest BCUT2D eigenvalue weighted by Crippen LogP contribution is 2.37. The average molecular weight is 356 g/mol. The number of primary amides is 1. The molecule has 8 heteroatoms.